The number of hydrogen-bond donors (Lipinski definition) is 2. The van der Waals surface area contributed by atoms with Gasteiger partial charge in [-0.15, -0.1) is 0 Å². The van der Waals surface area contributed by atoms with Crippen LogP contribution in [0, 0.1) is 5.92 Å². The number of hydrogen-bond acceptors (Lipinski definition) is 4. The second-order valence-corrected chi connectivity index (χ2v) is 9.35. The van der Waals surface area contributed by atoms with E-state index in [4.69, 9.17) is 0 Å². The van der Waals surface area contributed by atoms with Crippen LogP contribution in [0.1, 0.15) is 32.6 Å². The lowest BCUT2D eigenvalue weighted by atomic mass is 9.93. The van der Waals surface area contributed by atoms with E-state index in [0.717, 1.165) is 19.3 Å². The number of alkyl halides is 3. The number of aliphatic imine (C=N–C) groups is 1. The van der Waals surface area contributed by atoms with Gasteiger partial charge in [-0.3, -0.25) is 9.89 Å². The first-order chi connectivity index (χ1) is 12.0. The quantitative estimate of drug-likeness (QED) is 0.479. The Bertz CT molecular complexity index is 544. The first-order valence-electron chi connectivity index (χ1n) is 8.92. The molecule has 154 valence electrons. The molecule has 0 radical (unpaired) electrons. The van der Waals surface area contributed by atoms with Crippen molar-refractivity contribution in [2.75, 3.05) is 45.2 Å². The number of nitrogens with one attached hydrogen (secondary N) is 2. The van der Waals surface area contributed by atoms with E-state index in [2.05, 4.69) is 15.6 Å². The van der Waals surface area contributed by atoms with Crippen LogP contribution in [0.4, 0.5) is 13.2 Å². The van der Waals surface area contributed by atoms with E-state index in [1.165, 1.54) is 11.2 Å². The van der Waals surface area contributed by atoms with Crippen molar-refractivity contribution in [1.29, 1.82) is 0 Å². The summed E-state index contributed by atoms with van der Waals surface area (Å²) in [6.45, 7) is 2.73. The fourth-order valence-corrected chi connectivity index (χ4v) is 3.75. The molecule has 0 saturated carbocycles. The van der Waals surface area contributed by atoms with Crippen LogP contribution in [0.2, 0.25) is 0 Å². The van der Waals surface area contributed by atoms with Crippen molar-refractivity contribution >= 4 is 15.8 Å². The average Bonchev–Trinajstić information content (AvgIpc) is 2.51. The van der Waals surface area contributed by atoms with Gasteiger partial charge in [0.2, 0.25) is 0 Å². The normalized spacial score (nSPS) is 19.4. The molecule has 0 aromatic heterocycles. The van der Waals surface area contributed by atoms with Crippen LogP contribution in [0.5, 0.6) is 0 Å². The Kier molecular flexibility index (Phi) is 9.15. The summed E-state index contributed by atoms with van der Waals surface area (Å²) in [5.41, 5.74) is 0. The van der Waals surface area contributed by atoms with Crippen LogP contribution >= 0.6 is 0 Å². The Labute approximate surface area is 154 Å². The molecular formula is C16H31F3N4O2S. The molecule has 2 N–H and O–H groups in total. The number of rotatable bonds is 8. The minimum absolute atomic E-state index is 0.0264. The molecule has 1 atom stereocenters. The lowest BCUT2D eigenvalue weighted by Gasteiger charge is -2.32. The third kappa shape index (κ3) is 10.8. The lowest BCUT2D eigenvalue weighted by molar-refractivity contribution is -0.148. The van der Waals surface area contributed by atoms with Crippen LogP contribution in [-0.2, 0) is 9.84 Å². The summed E-state index contributed by atoms with van der Waals surface area (Å²) >= 11 is 0. The summed E-state index contributed by atoms with van der Waals surface area (Å²) in [6.07, 6.45) is 0.00569. The van der Waals surface area contributed by atoms with Gasteiger partial charge in [-0.25, -0.2) is 8.42 Å². The molecule has 10 heteroatoms. The predicted molar refractivity (Wildman–Crippen MR) is 98.1 cm³/mol. The van der Waals surface area contributed by atoms with Gasteiger partial charge in [0.05, 0.1) is 12.3 Å². The van der Waals surface area contributed by atoms with E-state index in [-0.39, 0.29) is 11.8 Å². The van der Waals surface area contributed by atoms with E-state index < -0.39 is 22.6 Å². The van der Waals surface area contributed by atoms with Crippen LogP contribution in [-0.4, -0.2) is 76.7 Å². The lowest BCUT2D eigenvalue weighted by Crippen LogP contribution is -2.44. The maximum absolute atomic E-state index is 12.4. The molecule has 0 aromatic rings. The Morgan fingerprint density at radius 3 is 2.42 bits per heavy atom. The van der Waals surface area contributed by atoms with Crippen molar-refractivity contribution in [2.45, 2.75) is 44.8 Å². The molecule has 1 unspecified atom stereocenters. The van der Waals surface area contributed by atoms with E-state index in [1.807, 2.05) is 6.92 Å². The van der Waals surface area contributed by atoms with Crippen LogP contribution in [0.3, 0.4) is 0 Å². The summed E-state index contributed by atoms with van der Waals surface area (Å²) < 4.78 is 59.6. The number of piperidine rings is 1. The fraction of sp³-hybridized carbons (Fsp3) is 0.938. The molecular weight excluding hydrogens is 369 g/mol. The summed E-state index contributed by atoms with van der Waals surface area (Å²) in [7, 11) is -1.34. The zero-order valence-electron chi connectivity index (χ0n) is 15.8. The van der Waals surface area contributed by atoms with Crippen LogP contribution < -0.4 is 10.6 Å². The second-order valence-electron chi connectivity index (χ2n) is 7.09. The van der Waals surface area contributed by atoms with Gasteiger partial charge < -0.3 is 10.6 Å². The Morgan fingerprint density at radius 1 is 1.31 bits per heavy atom. The highest BCUT2D eigenvalue weighted by Crippen LogP contribution is 2.23. The van der Waals surface area contributed by atoms with Crippen molar-refractivity contribution in [2.24, 2.45) is 10.9 Å². The van der Waals surface area contributed by atoms with Crippen molar-refractivity contribution < 1.29 is 21.6 Å². The molecule has 0 aliphatic carbocycles. The predicted octanol–water partition coefficient (Wildman–Crippen LogP) is 1.64. The van der Waals surface area contributed by atoms with Gasteiger partial charge >= 0.3 is 6.18 Å². The molecule has 1 aliphatic rings. The van der Waals surface area contributed by atoms with Crippen molar-refractivity contribution in [1.82, 2.24) is 15.5 Å². The average molecular weight is 401 g/mol. The second kappa shape index (κ2) is 10.3. The minimum atomic E-state index is -4.12. The maximum atomic E-state index is 12.4. The first-order valence-corrected chi connectivity index (χ1v) is 11.0. The van der Waals surface area contributed by atoms with Crippen molar-refractivity contribution in [3.8, 4) is 0 Å². The smallest absolute Gasteiger partial charge is 0.356 e. The maximum Gasteiger partial charge on any atom is 0.401 e. The van der Waals surface area contributed by atoms with Gasteiger partial charge in [-0.2, -0.15) is 13.2 Å². The SMILES string of the molecule is CN=C(NCCC1CCN(CC(F)(F)F)CC1)NC(C)CCS(C)(=O)=O. The highest BCUT2D eigenvalue weighted by Gasteiger charge is 2.32. The first kappa shape index (κ1) is 23.0. The van der Waals surface area contributed by atoms with Crippen molar-refractivity contribution in [3.63, 3.8) is 0 Å². The van der Waals surface area contributed by atoms with Gasteiger partial charge in [-0.1, -0.05) is 0 Å². The molecule has 1 aliphatic heterocycles. The highest BCUT2D eigenvalue weighted by atomic mass is 32.2. The summed E-state index contributed by atoms with van der Waals surface area (Å²) in [5.74, 6) is 1.14. The summed E-state index contributed by atoms with van der Waals surface area (Å²) in [5, 5.41) is 6.34. The fourth-order valence-electron chi connectivity index (χ4n) is 2.97. The van der Waals surface area contributed by atoms with Gasteiger partial charge in [0, 0.05) is 25.9 Å². The largest absolute Gasteiger partial charge is 0.401 e. The standard InChI is InChI=1S/C16H31F3N4O2S/c1-13(7-11-26(3,24)25)22-15(20-2)21-8-4-14-5-9-23(10-6-14)12-16(17,18)19/h13-14H,4-12H2,1-3H3,(H2,20,21,22). The van der Waals surface area contributed by atoms with Gasteiger partial charge in [0.15, 0.2) is 5.96 Å². The zero-order valence-corrected chi connectivity index (χ0v) is 16.6. The van der Waals surface area contributed by atoms with Crippen LogP contribution in [0.15, 0.2) is 4.99 Å². The van der Waals surface area contributed by atoms with E-state index in [0.29, 0.717) is 37.9 Å². The molecule has 1 saturated heterocycles. The zero-order chi connectivity index (χ0) is 19.8. The monoisotopic (exact) mass is 400 g/mol. The minimum Gasteiger partial charge on any atom is -0.356 e. The topological polar surface area (TPSA) is 73.8 Å². The molecule has 26 heavy (non-hydrogen) atoms. The number of likely N-dealkylation sites (tertiary alicyclic amines) is 1. The Hall–Kier alpha value is -1.03. The number of nitrogens with zero attached hydrogens (tertiary/aromatic N) is 2. The molecule has 0 amide bonds. The van der Waals surface area contributed by atoms with Gasteiger partial charge in [0.1, 0.15) is 9.84 Å². The molecule has 0 spiro atoms. The third-order valence-corrected chi connectivity index (χ3v) is 5.46. The Morgan fingerprint density at radius 2 is 1.92 bits per heavy atom. The third-order valence-electron chi connectivity index (χ3n) is 4.48. The number of halogens is 3. The van der Waals surface area contributed by atoms with Crippen molar-refractivity contribution in [3.05, 3.63) is 0 Å². The van der Waals surface area contributed by atoms with E-state index >= 15 is 0 Å². The summed E-state index contributed by atoms with van der Waals surface area (Å²) in [4.78, 5) is 5.59. The molecule has 0 bridgehead atoms. The molecule has 1 heterocycles. The van der Waals surface area contributed by atoms with E-state index in [1.54, 1.807) is 7.05 Å². The molecule has 6 nitrogen and oxygen atoms in total. The molecule has 1 fully saturated rings. The molecule has 0 aromatic carbocycles. The number of sulfone groups is 1. The highest BCUT2D eigenvalue weighted by molar-refractivity contribution is 7.90. The van der Waals surface area contributed by atoms with Gasteiger partial charge in [0.25, 0.3) is 0 Å². The number of guanidine groups is 1. The van der Waals surface area contributed by atoms with Gasteiger partial charge in [-0.05, 0) is 51.6 Å². The summed E-state index contributed by atoms with van der Waals surface area (Å²) in [6, 6.07) is -0.0264. The van der Waals surface area contributed by atoms with E-state index in [9.17, 15) is 21.6 Å². The Balaban J connectivity index is 2.23. The van der Waals surface area contributed by atoms with Crippen LogP contribution in [0.25, 0.3) is 0 Å². The molecule has 1 rings (SSSR count).